The Bertz CT molecular complexity index is 1410. The first kappa shape index (κ1) is 30.0. The highest BCUT2D eigenvalue weighted by molar-refractivity contribution is 9.10. The van der Waals surface area contributed by atoms with Gasteiger partial charge in [0.2, 0.25) is 18.6 Å². The van der Waals surface area contributed by atoms with E-state index in [1.807, 2.05) is 6.07 Å². The van der Waals surface area contributed by atoms with Gasteiger partial charge in [-0.05, 0) is 60.1 Å². The second-order valence-electron chi connectivity index (χ2n) is 10.7. The fourth-order valence-electron chi connectivity index (χ4n) is 5.59. The Morgan fingerprint density at radius 2 is 1.76 bits per heavy atom. The first-order chi connectivity index (χ1) is 20.3. The number of hydrogen-bond donors (Lipinski definition) is 5. The number of anilines is 1. The number of hydrogen-bond acceptors (Lipinski definition) is 8. The number of carbonyl (C=O) groups excluding carboxylic acids is 3. The molecule has 222 valence electrons. The van der Waals surface area contributed by atoms with Gasteiger partial charge in [0.05, 0.1) is 19.1 Å². The summed E-state index contributed by atoms with van der Waals surface area (Å²) in [5.41, 5.74) is 5.27. The molecule has 2 aromatic rings. The maximum absolute atomic E-state index is 12.3. The van der Waals surface area contributed by atoms with Crippen LogP contribution in [0, 0.1) is 5.92 Å². The van der Waals surface area contributed by atoms with Crippen molar-refractivity contribution in [3.8, 4) is 11.5 Å². The average Bonchev–Trinajstić information content (AvgIpc) is 3.67. The second kappa shape index (κ2) is 13.7. The molecular weight excluding hydrogens is 620 g/mol. The van der Waals surface area contributed by atoms with Gasteiger partial charge in [0, 0.05) is 40.5 Å². The molecule has 4 N–H and O–H groups in total. The van der Waals surface area contributed by atoms with Crippen molar-refractivity contribution in [3.63, 3.8) is 0 Å². The first-order valence-electron chi connectivity index (χ1n) is 14.0. The van der Waals surface area contributed by atoms with Crippen molar-refractivity contribution in [3.05, 3.63) is 75.9 Å². The molecule has 3 aliphatic rings. The van der Waals surface area contributed by atoms with Crippen molar-refractivity contribution in [1.82, 2.24) is 16.0 Å². The van der Waals surface area contributed by atoms with E-state index in [2.05, 4.69) is 92.8 Å². The number of nitrogens with one attached hydrogen (secondary N) is 4. The summed E-state index contributed by atoms with van der Waals surface area (Å²) in [5.74, 6) is 1.84. The minimum absolute atomic E-state index is 0.00653. The molecule has 0 aromatic heterocycles. The number of allylic oxidation sites excluding steroid dienone is 3. The molecule has 3 unspecified atom stereocenters. The zero-order valence-electron chi connectivity index (χ0n) is 23.2. The number of benzene rings is 2. The number of ether oxygens (including phenoxy) is 2. The van der Waals surface area contributed by atoms with Crippen molar-refractivity contribution in [2.24, 2.45) is 5.92 Å². The summed E-state index contributed by atoms with van der Waals surface area (Å²) in [5, 5.41) is 12.1. The minimum Gasteiger partial charge on any atom is -0.454 e. The van der Waals surface area contributed by atoms with Crippen LogP contribution in [0.4, 0.5) is 5.69 Å². The molecule has 11 heteroatoms. The van der Waals surface area contributed by atoms with E-state index in [0.29, 0.717) is 43.3 Å². The van der Waals surface area contributed by atoms with Crippen molar-refractivity contribution in [1.29, 1.82) is 0 Å². The van der Waals surface area contributed by atoms with E-state index in [1.165, 1.54) is 5.56 Å². The lowest BCUT2D eigenvalue weighted by Gasteiger charge is -2.38. The van der Waals surface area contributed by atoms with Gasteiger partial charge in [-0.2, -0.15) is 12.6 Å². The lowest BCUT2D eigenvalue weighted by Crippen LogP contribution is -2.41. The Balaban J connectivity index is 1.10. The van der Waals surface area contributed by atoms with Gasteiger partial charge in [-0.1, -0.05) is 46.8 Å². The summed E-state index contributed by atoms with van der Waals surface area (Å²) in [6.45, 7) is 4.40. The zero-order chi connectivity index (χ0) is 29.6. The van der Waals surface area contributed by atoms with E-state index in [4.69, 9.17) is 9.47 Å². The highest BCUT2D eigenvalue weighted by Crippen LogP contribution is 2.52. The highest BCUT2D eigenvalue weighted by atomic mass is 79.9. The van der Waals surface area contributed by atoms with Crippen LogP contribution in [-0.2, 0) is 20.8 Å². The SMILES string of the molecule is C=C(CCC(=O)CS)NCC(=O)NCC(=O)NCCc1ccc2c(c1)C1C=CCC1C(c1cc3c(cc1Br)OCO3)N2. The molecule has 5 rings (SSSR count). The minimum atomic E-state index is -0.320. The molecule has 0 spiro atoms. The van der Waals surface area contributed by atoms with Crippen LogP contribution in [0.25, 0.3) is 0 Å². The van der Waals surface area contributed by atoms with Gasteiger partial charge in [-0.25, -0.2) is 0 Å². The summed E-state index contributed by atoms with van der Waals surface area (Å²) < 4.78 is 12.2. The topological polar surface area (TPSA) is 118 Å². The summed E-state index contributed by atoms with van der Waals surface area (Å²) in [6.07, 6.45) is 7.00. The third kappa shape index (κ3) is 7.12. The van der Waals surface area contributed by atoms with Gasteiger partial charge in [0.15, 0.2) is 11.5 Å². The normalized spacial score (nSPS) is 19.3. The molecule has 3 atom stereocenters. The number of Topliss-reactive ketones (excluding diaryl/α,β-unsaturated/α-hetero) is 1. The van der Waals surface area contributed by atoms with E-state index in [0.717, 1.165) is 39.2 Å². The Morgan fingerprint density at radius 1 is 1.00 bits per heavy atom. The van der Waals surface area contributed by atoms with Gasteiger partial charge >= 0.3 is 0 Å². The van der Waals surface area contributed by atoms with Gasteiger partial charge in [-0.3, -0.25) is 14.4 Å². The molecular formula is C31H35BrN4O5S. The molecule has 0 saturated carbocycles. The molecule has 0 saturated heterocycles. The number of ketones is 1. The third-order valence-corrected chi connectivity index (χ3v) is 8.86. The third-order valence-electron chi connectivity index (χ3n) is 7.82. The van der Waals surface area contributed by atoms with Crippen molar-refractivity contribution >= 4 is 51.8 Å². The molecule has 42 heavy (non-hydrogen) atoms. The number of rotatable bonds is 13. The maximum atomic E-state index is 12.3. The summed E-state index contributed by atoms with van der Waals surface area (Å²) in [6, 6.07) is 10.6. The maximum Gasteiger partial charge on any atom is 0.239 e. The number of fused-ring (bicyclic) bond motifs is 4. The quantitative estimate of drug-likeness (QED) is 0.163. The number of halogens is 1. The lowest BCUT2D eigenvalue weighted by atomic mass is 9.76. The lowest BCUT2D eigenvalue weighted by molar-refractivity contribution is -0.125. The molecule has 2 heterocycles. The first-order valence-corrected chi connectivity index (χ1v) is 15.5. The van der Waals surface area contributed by atoms with Crippen molar-refractivity contribution < 1.29 is 23.9 Å². The van der Waals surface area contributed by atoms with E-state index in [9.17, 15) is 14.4 Å². The molecule has 1 aliphatic carbocycles. The molecule has 2 amide bonds. The predicted molar refractivity (Wildman–Crippen MR) is 168 cm³/mol. The molecule has 2 aliphatic heterocycles. The van der Waals surface area contributed by atoms with Crippen LogP contribution < -0.4 is 30.7 Å². The highest BCUT2D eigenvalue weighted by Gasteiger charge is 2.39. The molecule has 9 nitrogen and oxygen atoms in total. The van der Waals surface area contributed by atoms with Crippen LogP contribution in [-0.4, -0.2) is 49.8 Å². The van der Waals surface area contributed by atoms with Gasteiger partial charge < -0.3 is 30.7 Å². The van der Waals surface area contributed by atoms with Crippen LogP contribution in [0.1, 0.15) is 47.9 Å². The molecule has 2 aromatic carbocycles. The zero-order valence-corrected chi connectivity index (χ0v) is 25.7. The molecule has 0 radical (unpaired) electrons. The smallest absolute Gasteiger partial charge is 0.239 e. The van der Waals surface area contributed by atoms with Gasteiger partial charge in [0.1, 0.15) is 5.78 Å². The Kier molecular flexibility index (Phi) is 9.79. The van der Waals surface area contributed by atoms with Crippen LogP contribution in [0.2, 0.25) is 0 Å². The number of carbonyl (C=O) groups is 3. The summed E-state index contributed by atoms with van der Waals surface area (Å²) in [7, 11) is 0. The fourth-order valence-corrected chi connectivity index (χ4v) is 6.32. The predicted octanol–water partition coefficient (Wildman–Crippen LogP) is 4.16. The van der Waals surface area contributed by atoms with Crippen LogP contribution >= 0.6 is 28.6 Å². The standard InChI is InChI=1S/C31H35BrN4O5S/c1-18(5-7-20(37)16-42)34-14-30(39)35-15-29(38)33-10-9-19-6-8-26-23(11-19)21-3-2-4-22(21)31(36-26)24-12-27-28(13-25(24)32)41-17-40-27/h2-3,6,8,11-13,21-22,31,34,36,42H,1,4-5,7,9-10,14-17H2,(H,33,38)(H,35,39). The van der Waals surface area contributed by atoms with E-state index in [-0.39, 0.29) is 49.3 Å². The summed E-state index contributed by atoms with van der Waals surface area (Å²) >= 11 is 7.68. The Hall–Kier alpha value is -3.44. The average molecular weight is 656 g/mol. The molecule has 0 fully saturated rings. The largest absolute Gasteiger partial charge is 0.454 e. The second-order valence-corrected chi connectivity index (χ2v) is 11.8. The van der Waals surface area contributed by atoms with Crippen LogP contribution in [0.3, 0.4) is 0 Å². The van der Waals surface area contributed by atoms with Gasteiger partial charge in [-0.15, -0.1) is 0 Å². The Labute approximate surface area is 259 Å². The van der Waals surface area contributed by atoms with Crippen LogP contribution in [0.15, 0.2) is 59.2 Å². The van der Waals surface area contributed by atoms with Crippen molar-refractivity contribution in [2.45, 2.75) is 37.6 Å². The number of amides is 2. The van der Waals surface area contributed by atoms with E-state index < -0.39 is 0 Å². The molecule has 0 bridgehead atoms. The van der Waals surface area contributed by atoms with E-state index in [1.54, 1.807) is 0 Å². The van der Waals surface area contributed by atoms with E-state index >= 15 is 0 Å². The fraction of sp³-hybridized carbons (Fsp3) is 0.387. The summed E-state index contributed by atoms with van der Waals surface area (Å²) in [4.78, 5) is 35.7. The van der Waals surface area contributed by atoms with Gasteiger partial charge in [0.25, 0.3) is 0 Å². The van der Waals surface area contributed by atoms with Crippen molar-refractivity contribution in [2.75, 3.05) is 37.5 Å². The monoisotopic (exact) mass is 654 g/mol. The van der Waals surface area contributed by atoms with Crippen LogP contribution in [0.5, 0.6) is 11.5 Å². The number of thiol groups is 1. The Morgan fingerprint density at radius 3 is 2.57 bits per heavy atom.